The van der Waals surface area contributed by atoms with Crippen molar-refractivity contribution in [2.24, 2.45) is 11.5 Å². The second kappa shape index (κ2) is 10.8. The number of nitrogens with two attached hydrogens (primary N) is 2. The van der Waals surface area contributed by atoms with Crippen molar-refractivity contribution in [2.45, 2.75) is 61.4 Å². The van der Waals surface area contributed by atoms with Gasteiger partial charge in [-0.2, -0.15) is 0 Å². The minimum Gasteiger partial charge on any atom is -0.480 e. The van der Waals surface area contributed by atoms with Crippen LogP contribution in [0.3, 0.4) is 0 Å². The van der Waals surface area contributed by atoms with Crippen LogP contribution in [0.15, 0.2) is 11.3 Å². The molecule has 0 radical (unpaired) electrons. The Hall–Kier alpha value is -2.29. The van der Waals surface area contributed by atoms with Crippen molar-refractivity contribution < 1.29 is 39.3 Å². The van der Waals surface area contributed by atoms with Gasteiger partial charge >= 0.3 is 17.9 Å². The summed E-state index contributed by atoms with van der Waals surface area (Å²) in [7, 11) is 0. The zero-order valence-electron chi connectivity index (χ0n) is 18.1. The van der Waals surface area contributed by atoms with Gasteiger partial charge in [-0.15, -0.1) is 23.5 Å². The van der Waals surface area contributed by atoms with Gasteiger partial charge in [0.25, 0.3) is 5.91 Å². The zero-order valence-corrected chi connectivity index (χ0v) is 19.8. The van der Waals surface area contributed by atoms with Gasteiger partial charge in [-0.1, -0.05) is 0 Å². The van der Waals surface area contributed by atoms with Gasteiger partial charge in [-0.3, -0.25) is 24.1 Å². The molecule has 14 heteroatoms. The van der Waals surface area contributed by atoms with E-state index in [-0.39, 0.29) is 30.7 Å². The Balaban J connectivity index is 2.02. The van der Waals surface area contributed by atoms with Crippen molar-refractivity contribution in [1.29, 1.82) is 0 Å². The van der Waals surface area contributed by atoms with Crippen molar-refractivity contribution >= 4 is 53.2 Å². The number of carbonyl (C=O) groups is 5. The molecule has 1 saturated heterocycles. The fourth-order valence-corrected chi connectivity index (χ4v) is 5.85. The normalized spacial score (nSPS) is 22.2. The average molecular weight is 505 g/mol. The molecule has 2 heterocycles. The van der Waals surface area contributed by atoms with E-state index in [0.717, 1.165) is 4.90 Å². The van der Waals surface area contributed by atoms with Crippen LogP contribution in [0, 0.1) is 0 Å². The molecule has 0 aromatic heterocycles. The molecule has 4 atom stereocenters. The van der Waals surface area contributed by atoms with Gasteiger partial charge in [0.05, 0.1) is 0 Å². The minimum absolute atomic E-state index is 0.00935. The standard InChI is InChI=1S/C19H28N4O8S2/c1-19(2,13(21)18(30)31)33-7-8-6-32-15-11(14(25)23(15)12(8)17(28)29)22-10(24)5-3-4-9(20)16(26)27/h9,11,13,15H,3-7,20-21H2,1-2H3,(H,22,24)(H,26,27)(H,28,29)(H,30,31)/t9?,11-,13?,15-/m1/s1. The number of nitrogens with one attached hydrogen (secondary N) is 1. The third-order valence-corrected chi connectivity index (χ3v) is 8.27. The van der Waals surface area contributed by atoms with E-state index >= 15 is 0 Å². The largest absolute Gasteiger partial charge is 0.480 e. The predicted molar refractivity (Wildman–Crippen MR) is 121 cm³/mol. The second-order valence-electron chi connectivity index (χ2n) is 8.26. The Morgan fingerprint density at radius 1 is 1.21 bits per heavy atom. The Morgan fingerprint density at radius 3 is 2.39 bits per heavy atom. The van der Waals surface area contributed by atoms with Crippen molar-refractivity contribution in [1.82, 2.24) is 10.2 Å². The number of hydrogen-bond acceptors (Lipinski definition) is 9. The third-order valence-electron chi connectivity index (χ3n) is 5.44. The first-order valence-corrected chi connectivity index (χ1v) is 12.1. The molecule has 0 saturated carbocycles. The van der Waals surface area contributed by atoms with Gasteiger partial charge in [0.15, 0.2) is 0 Å². The molecular weight excluding hydrogens is 476 g/mol. The summed E-state index contributed by atoms with van der Waals surface area (Å²) < 4.78 is -0.872. The zero-order chi connectivity index (χ0) is 25.1. The summed E-state index contributed by atoms with van der Waals surface area (Å²) >= 11 is 2.50. The molecule has 2 amide bonds. The fraction of sp³-hybridized carbons (Fsp3) is 0.632. The number of carboxylic acid groups (broad SMARTS) is 3. The lowest BCUT2D eigenvalue weighted by molar-refractivity contribution is -0.150. The summed E-state index contributed by atoms with van der Waals surface area (Å²) in [6.07, 6.45) is 0.336. The van der Waals surface area contributed by atoms with Gasteiger partial charge in [0.2, 0.25) is 5.91 Å². The summed E-state index contributed by atoms with van der Waals surface area (Å²) in [6.45, 7) is 3.31. The molecule has 2 unspecified atom stereocenters. The van der Waals surface area contributed by atoms with Crippen LogP contribution in [-0.4, -0.2) is 89.7 Å². The van der Waals surface area contributed by atoms with Crippen LogP contribution in [0.2, 0.25) is 0 Å². The molecule has 184 valence electrons. The topological polar surface area (TPSA) is 213 Å². The quantitative estimate of drug-likeness (QED) is 0.181. The van der Waals surface area contributed by atoms with Crippen molar-refractivity contribution in [2.75, 3.05) is 11.5 Å². The summed E-state index contributed by atoms with van der Waals surface area (Å²) in [6, 6.07) is -3.10. The van der Waals surface area contributed by atoms with Crippen LogP contribution in [0.4, 0.5) is 0 Å². The Labute approximate surface area is 198 Å². The van der Waals surface area contributed by atoms with Gasteiger partial charge in [-0.05, 0) is 32.3 Å². The van der Waals surface area contributed by atoms with Gasteiger partial charge in [0.1, 0.15) is 29.2 Å². The number of fused-ring (bicyclic) bond motifs is 1. The number of thioether (sulfide) groups is 2. The summed E-state index contributed by atoms with van der Waals surface area (Å²) in [4.78, 5) is 59.8. The Bertz CT molecular complexity index is 878. The van der Waals surface area contributed by atoms with Crippen LogP contribution < -0.4 is 16.8 Å². The predicted octanol–water partition coefficient (Wildman–Crippen LogP) is -0.769. The van der Waals surface area contributed by atoms with E-state index in [1.165, 1.54) is 23.5 Å². The first-order chi connectivity index (χ1) is 15.3. The lowest BCUT2D eigenvalue weighted by Crippen LogP contribution is -2.70. The van der Waals surface area contributed by atoms with E-state index in [1.54, 1.807) is 13.8 Å². The number of carbonyl (C=O) groups excluding carboxylic acids is 2. The lowest BCUT2D eigenvalue weighted by atomic mass is 10.0. The highest BCUT2D eigenvalue weighted by Gasteiger charge is 2.54. The molecule has 2 aliphatic rings. The van der Waals surface area contributed by atoms with Gasteiger partial charge in [0, 0.05) is 22.7 Å². The lowest BCUT2D eigenvalue weighted by Gasteiger charge is -2.49. The summed E-state index contributed by atoms with van der Waals surface area (Å²) in [5.74, 6) is -4.13. The maximum Gasteiger partial charge on any atom is 0.352 e. The van der Waals surface area contributed by atoms with Crippen LogP contribution in [0.25, 0.3) is 0 Å². The number of β-lactam (4-membered cyclic amide) rings is 1. The van der Waals surface area contributed by atoms with Crippen LogP contribution in [0.5, 0.6) is 0 Å². The monoisotopic (exact) mass is 504 g/mol. The van der Waals surface area contributed by atoms with Gasteiger partial charge in [-0.25, -0.2) is 4.79 Å². The average Bonchev–Trinajstić information content (AvgIpc) is 2.74. The van der Waals surface area contributed by atoms with Crippen molar-refractivity contribution in [3.8, 4) is 0 Å². The molecule has 12 nitrogen and oxygen atoms in total. The molecule has 0 aliphatic carbocycles. The maximum absolute atomic E-state index is 12.7. The number of aliphatic carboxylic acids is 3. The molecule has 1 fully saturated rings. The van der Waals surface area contributed by atoms with E-state index in [2.05, 4.69) is 5.32 Å². The van der Waals surface area contributed by atoms with Crippen LogP contribution >= 0.6 is 23.5 Å². The van der Waals surface area contributed by atoms with Crippen LogP contribution in [-0.2, 0) is 24.0 Å². The van der Waals surface area contributed by atoms with E-state index in [4.69, 9.17) is 21.7 Å². The van der Waals surface area contributed by atoms with Crippen molar-refractivity contribution in [3.05, 3.63) is 11.3 Å². The highest BCUT2D eigenvalue weighted by atomic mass is 32.2. The number of nitrogens with zero attached hydrogens (tertiary/aromatic N) is 1. The molecular formula is C19H28N4O8S2. The molecule has 0 aromatic rings. The second-order valence-corrected chi connectivity index (χ2v) is 11.0. The number of rotatable bonds is 12. The molecule has 33 heavy (non-hydrogen) atoms. The van der Waals surface area contributed by atoms with E-state index < -0.39 is 58.0 Å². The number of amides is 2. The highest BCUT2D eigenvalue weighted by molar-refractivity contribution is 8.01. The minimum atomic E-state index is -1.28. The molecule has 0 aromatic carbocycles. The molecule has 2 rings (SSSR count). The molecule has 2 aliphatic heterocycles. The van der Waals surface area contributed by atoms with E-state index in [9.17, 15) is 29.1 Å². The Morgan fingerprint density at radius 2 is 1.85 bits per heavy atom. The fourth-order valence-electron chi connectivity index (χ4n) is 3.31. The third kappa shape index (κ3) is 6.19. The first-order valence-electron chi connectivity index (χ1n) is 10.1. The first kappa shape index (κ1) is 27.0. The number of carboxylic acids is 3. The van der Waals surface area contributed by atoms with Gasteiger partial charge < -0.3 is 32.1 Å². The summed E-state index contributed by atoms with van der Waals surface area (Å²) in [5.41, 5.74) is 11.4. The van der Waals surface area contributed by atoms with E-state index in [1.807, 2.05) is 0 Å². The summed E-state index contributed by atoms with van der Waals surface area (Å²) in [5, 5.41) is 29.7. The highest BCUT2D eigenvalue weighted by Crippen LogP contribution is 2.42. The van der Waals surface area contributed by atoms with Crippen LogP contribution in [0.1, 0.15) is 33.1 Å². The smallest absolute Gasteiger partial charge is 0.352 e. The molecule has 8 N–H and O–H groups in total. The molecule has 0 spiro atoms. The number of hydrogen-bond donors (Lipinski definition) is 6. The van der Waals surface area contributed by atoms with E-state index in [0.29, 0.717) is 11.3 Å². The maximum atomic E-state index is 12.7. The Kier molecular flexibility index (Phi) is 8.79. The van der Waals surface area contributed by atoms with Crippen molar-refractivity contribution in [3.63, 3.8) is 0 Å². The SMILES string of the molecule is CC(C)(SCC1=C(C(=O)O)N2C(=O)[C@@H](NC(=O)CCCC(N)C(=O)O)[C@H]2SC1)C(N)C(=O)O. The molecule has 0 bridgehead atoms.